The molecule has 0 radical (unpaired) electrons. The van der Waals surface area contributed by atoms with E-state index in [1.54, 1.807) is 0 Å². The zero-order valence-corrected chi connectivity index (χ0v) is 11.8. The molecule has 1 saturated heterocycles. The lowest BCUT2D eigenvalue weighted by molar-refractivity contribution is 0.289. The molecule has 2 rings (SSSR count). The highest BCUT2D eigenvalue weighted by atomic mass is 15.0. The van der Waals surface area contributed by atoms with E-state index >= 15 is 0 Å². The van der Waals surface area contributed by atoms with Gasteiger partial charge in [-0.1, -0.05) is 20.3 Å². The van der Waals surface area contributed by atoms with Gasteiger partial charge in [-0.05, 0) is 57.4 Å². The van der Waals surface area contributed by atoms with E-state index in [1.165, 1.54) is 45.1 Å². The fourth-order valence-corrected chi connectivity index (χ4v) is 3.89. The molecule has 0 amide bonds. The van der Waals surface area contributed by atoms with E-state index in [9.17, 15) is 0 Å². The third-order valence-electron chi connectivity index (χ3n) is 4.51. The SMILES string of the molecule is CC(C)CC(C)NC1CCCC1C1CCCN1. The molecule has 0 aromatic rings. The summed E-state index contributed by atoms with van der Waals surface area (Å²) >= 11 is 0. The second kappa shape index (κ2) is 6.19. The Balaban J connectivity index is 1.82. The zero-order chi connectivity index (χ0) is 12.3. The van der Waals surface area contributed by atoms with Gasteiger partial charge in [-0.25, -0.2) is 0 Å². The molecule has 0 aromatic carbocycles. The molecule has 0 bridgehead atoms. The topological polar surface area (TPSA) is 24.1 Å². The van der Waals surface area contributed by atoms with Crippen LogP contribution in [0.4, 0.5) is 0 Å². The molecule has 2 fully saturated rings. The Labute approximate surface area is 107 Å². The Hall–Kier alpha value is -0.0800. The quantitative estimate of drug-likeness (QED) is 0.769. The van der Waals surface area contributed by atoms with Crippen molar-refractivity contribution in [3.8, 4) is 0 Å². The van der Waals surface area contributed by atoms with Crippen LogP contribution in [0.1, 0.15) is 59.3 Å². The van der Waals surface area contributed by atoms with Crippen molar-refractivity contribution in [2.45, 2.75) is 77.4 Å². The summed E-state index contributed by atoms with van der Waals surface area (Å²) in [7, 11) is 0. The van der Waals surface area contributed by atoms with Crippen LogP contribution in [0.2, 0.25) is 0 Å². The van der Waals surface area contributed by atoms with Crippen LogP contribution >= 0.6 is 0 Å². The zero-order valence-electron chi connectivity index (χ0n) is 11.8. The predicted molar refractivity (Wildman–Crippen MR) is 74.2 cm³/mol. The maximum absolute atomic E-state index is 3.90. The molecule has 1 heterocycles. The first-order chi connectivity index (χ1) is 8.16. The summed E-state index contributed by atoms with van der Waals surface area (Å²) in [6.07, 6.45) is 8.35. The van der Waals surface area contributed by atoms with Crippen LogP contribution in [0, 0.1) is 11.8 Å². The van der Waals surface area contributed by atoms with Crippen LogP contribution < -0.4 is 10.6 Å². The molecule has 100 valence electrons. The Bertz CT molecular complexity index is 221. The van der Waals surface area contributed by atoms with Crippen LogP contribution in [-0.4, -0.2) is 24.7 Å². The first-order valence-electron chi connectivity index (χ1n) is 7.66. The molecule has 2 aliphatic rings. The van der Waals surface area contributed by atoms with E-state index in [1.807, 2.05) is 0 Å². The van der Waals surface area contributed by atoms with Gasteiger partial charge in [0.25, 0.3) is 0 Å². The van der Waals surface area contributed by atoms with Crippen molar-refractivity contribution in [2.24, 2.45) is 11.8 Å². The van der Waals surface area contributed by atoms with E-state index in [4.69, 9.17) is 0 Å². The molecule has 1 saturated carbocycles. The molecule has 4 atom stereocenters. The minimum Gasteiger partial charge on any atom is -0.314 e. The van der Waals surface area contributed by atoms with Gasteiger partial charge in [0.2, 0.25) is 0 Å². The second-order valence-electron chi connectivity index (χ2n) is 6.60. The van der Waals surface area contributed by atoms with E-state index in [2.05, 4.69) is 31.4 Å². The van der Waals surface area contributed by atoms with Crippen LogP contribution in [0.3, 0.4) is 0 Å². The van der Waals surface area contributed by atoms with Gasteiger partial charge in [-0.3, -0.25) is 0 Å². The van der Waals surface area contributed by atoms with Crippen molar-refractivity contribution in [1.82, 2.24) is 10.6 Å². The molecule has 2 N–H and O–H groups in total. The summed E-state index contributed by atoms with van der Waals surface area (Å²) in [5.41, 5.74) is 0. The number of rotatable bonds is 5. The summed E-state index contributed by atoms with van der Waals surface area (Å²) in [4.78, 5) is 0. The maximum Gasteiger partial charge on any atom is 0.0113 e. The standard InChI is InChI=1S/C15H30N2/c1-11(2)10-12(3)17-15-7-4-6-13(15)14-8-5-9-16-14/h11-17H,4-10H2,1-3H3. The van der Waals surface area contributed by atoms with Crippen molar-refractivity contribution >= 4 is 0 Å². The van der Waals surface area contributed by atoms with Gasteiger partial charge < -0.3 is 10.6 Å². The third kappa shape index (κ3) is 3.69. The summed E-state index contributed by atoms with van der Waals surface area (Å²) in [6.45, 7) is 8.25. The summed E-state index contributed by atoms with van der Waals surface area (Å²) in [5, 5.41) is 7.60. The van der Waals surface area contributed by atoms with E-state index in [-0.39, 0.29) is 0 Å². The average molecular weight is 238 g/mol. The van der Waals surface area contributed by atoms with Crippen molar-refractivity contribution in [1.29, 1.82) is 0 Å². The lowest BCUT2D eigenvalue weighted by Crippen LogP contribution is -2.45. The highest BCUT2D eigenvalue weighted by Crippen LogP contribution is 2.32. The Morgan fingerprint density at radius 3 is 2.59 bits per heavy atom. The van der Waals surface area contributed by atoms with Gasteiger partial charge in [-0.15, -0.1) is 0 Å². The van der Waals surface area contributed by atoms with E-state index in [0.717, 1.165) is 23.9 Å². The summed E-state index contributed by atoms with van der Waals surface area (Å²) in [5.74, 6) is 1.70. The fourth-order valence-electron chi connectivity index (χ4n) is 3.89. The average Bonchev–Trinajstić information content (AvgIpc) is 2.84. The maximum atomic E-state index is 3.90. The lowest BCUT2D eigenvalue weighted by Gasteiger charge is -2.29. The Morgan fingerprint density at radius 2 is 1.94 bits per heavy atom. The highest BCUT2D eigenvalue weighted by molar-refractivity contribution is 4.94. The van der Waals surface area contributed by atoms with Crippen molar-refractivity contribution in [3.05, 3.63) is 0 Å². The van der Waals surface area contributed by atoms with E-state index in [0.29, 0.717) is 6.04 Å². The van der Waals surface area contributed by atoms with E-state index < -0.39 is 0 Å². The van der Waals surface area contributed by atoms with Crippen LogP contribution in [0.5, 0.6) is 0 Å². The first kappa shape index (κ1) is 13.4. The van der Waals surface area contributed by atoms with Crippen LogP contribution in [0.15, 0.2) is 0 Å². The van der Waals surface area contributed by atoms with Crippen molar-refractivity contribution in [3.63, 3.8) is 0 Å². The van der Waals surface area contributed by atoms with Gasteiger partial charge in [0.1, 0.15) is 0 Å². The molecular formula is C15H30N2. The highest BCUT2D eigenvalue weighted by Gasteiger charge is 2.35. The first-order valence-corrected chi connectivity index (χ1v) is 7.66. The molecule has 4 unspecified atom stereocenters. The van der Waals surface area contributed by atoms with Gasteiger partial charge >= 0.3 is 0 Å². The smallest absolute Gasteiger partial charge is 0.0113 e. The Morgan fingerprint density at radius 1 is 1.12 bits per heavy atom. The van der Waals surface area contributed by atoms with Gasteiger partial charge in [0.05, 0.1) is 0 Å². The molecule has 2 nitrogen and oxygen atoms in total. The van der Waals surface area contributed by atoms with Crippen molar-refractivity contribution in [2.75, 3.05) is 6.54 Å². The summed E-state index contributed by atoms with van der Waals surface area (Å²) < 4.78 is 0. The van der Waals surface area contributed by atoms with Gasteiger partial charge in [0.15, 0.2) is 0 Å². The normalized spacial score (nSPS) is 35.6. The Kier molecular flexibility index (Phi) is 4.87. The molecular weight excluding hydrogens is 208 g/mol. The molecule has 17 heavy (non-hydrogen) atoms. The summed E-state index contributed by atoms with van der Waals surface area (Å²) in [6, 6.07) is 2.27. The molecule has 1 aliphatic heterocycles. The second-order valence-corrected chi connectivity index (χ2v) is 6.60. The number of hydrogen-bond donors (Lipinski definition) is 2. The minimum absolute atomic E-state index is 0.682. The molecule has 0 spiro atoms. The predicted octanol–water partition coefficient (Wildman–Crippen LogP) is 2.93. The molecule has 2 heteroatoms. The van der Waals surface area contributed by atoms with Gasteiger partial charge in [0, 0.05) is 18.1 Å². The monoisotopic (exact) mass is 238 g/mol. The number of nitrogens with one attached hydrogen (secondary N) is 2. The number of hydrogen-bond acceptors (Lipinski definition) is 2. The molecule has 0 aromatic heterocycles. The fraction of sp³-hybridized carbons (Fsp3) is 1.00. The van der Waals surface area contributed by atoms with Crippen molar-refractivity contribution < 1.29 is 0 Å². The third-order valence-corrected chi connectivity index (χ3v) is 4.51. The molecule has 1 aliphatic carbocycles. The lowest BCUT2D eigenvalue weighted by atomic mass is 9.92. The minimum atomic E-state index is 0.682. The van der Waals surface area contributed by atoms with Gasteiger partial charge in [-0.2, -0.15) is 0 Å². The largest absolute Gasteiger partial charge is 0.314 e. The van der Waals surface area contributed by atoms with Crippen LogP contribution in [0.25, 0.3) is 0 Å². The van der Waals surface area contributed by atoms with Crippen LogP contribution in [-0.2, 0) is 0 Å².